The van der Waals surface area contributed by atoms with Crippen LogP contribution in [0, 0.1) is 0 Å². The number of hydrazone groups is 1. The molecule has 0 aliphatic carbocycles. The fourth-order valence-electron chi connectivity index (χ4n) is 2.75. The van der Waals surface area contributed by atoms with Gasteiger partial charge in [-0.25, -0.2) is 10.2 Å². The number of hydrogen-bond acceptors (Lipinski definition) is 5. The summed E-state index contributed by atoms with van der Waals surface area (Å²) in [6.07, 6.45) is 1.47. The molecule has 170 valence electrons. The molecule has 0 unspecified atom stereocenters. The van der Waals surface area contributed by atoms with Crippen LogP contribution in [0.2, 0.25) is 10.0 Å². The fraction of sp³-hybridized carbons (Fsp3) is 0.160. The molecule has 3 aromatic carbocycles. The molecule has 0 aliphatic rings. The highest BCUT2D eigenvalue weighted by molar-refractivity contribution is 6.36. The lowest BCUT2D eigenvalue weighted by molar-refractivity contribution is -0.123. The first-order chi connectivity index (χ1) is 15.8. The predicted molar refractivity (Wildman–Crippen MR) is 130 cm³/mol. The van der Waals surface area contributed by atoms with E-state index in [1.165, 1.54) is 23.9 Å². The summed E-state index contributed by atoms with van der Waals surface area (Å²) in [6.45, 7) is 4.07. The van der Waals surface area contributed by atoms with Crippen molar-refractivity contribution in [3.8, 4) is 11.5 Å². The van der Waals surface area contributed by atoms with E-state index in [2.05, 4.69) is 24.4 Å². The lowest BCUT2D eigenvalue weighted by Gasteiger charge is -2.08. The van der Waals surface area contributed by atoms with Gasteiger partial charge in [0, 0.05) is 5.02 Å². The van der Waals surface area contributed by atoms with E-state index in [0.29, 0.717) is 28.0 Å². The smallest absolute Gasteiger partial charge is 0.345 e. The number of ether oxygens (including phenoxy) is 2. The van der Waals surface area contributed by atoms with Gasteiger partial charge in [0.05, 0.1) is 16.8 Å². The summed E-state index contributed by atoms with van der Waals surface area (Å²) in [5.41, 5.74) is 4.52. The zero-order chi connectivity index (χ0) is 23.8. The van der Waals surface area contributed by atoms with E-state index in [-0.39, 0.29) is 23.1 Å². The van der Waals surface area contributed by atoms with E-state index in [1.807, 2.05) is 24.3 Å². The van der Waals surface area contributed by atoms with Crippen molar-refractivity contribution in [3.63, 3.8) is 0 Å². The molecule has 0 saturated heterocycles. The van der Waals surface area contributed by atoms with Crippen molar-refractivity contribution >= 4 is 41.3 Å². The molecule has 3 aromatic rings. The van der Waals surface area contributed by atoms with E-state index in [0.717, 1.165) is 0 Å². The molecule has 33 heavy (non-hydrogen) atoms. The number of amides is 1. The lowest BCUT2D eigenvalue weighted by Crippen LogP contribution is -2.24. The van der Waals surface area contributed by atoms with Gasteiger partial charge in [-0.15, -0.1) is 0 Å². The van der Waals surface area contributed by atoms with Gasteiger partial charge >= 0.3 is 5.97 Å². The third-order valence-electron chi connectivity index (χ3n) is 4.56. The Hall–Kier alpha value is -3.35. The first-order valence-electron chi connectivity index (χ1n) is 10.1. The Kier molecular flexibility index (Phi) is 8.46. The Labute approximate surface area is 202 Å². The normalized spacial score (nSPS) is 10.9. The molecule has 0 heterocycles. The third kappa shape index (κ3) is 7.34. The Morgan fingerprint density at radius 1 is 0.970 bits per heavy atom. The molecule has 0 radical (unpaired) electrons. The van der Waals surface area contributed by atoms with E-state index < -0.39 is 5.97 Å². The molecule has 0 aliphatic heterocycles. The van der Waals surface area contributed by atoms with Gasteiger partial charge in [0.1, 0.15) is 11.5 Å². The highest BCUT2D eigenvalue weighted by Crippen LogP contribution is 2.23. The van der Waals surface area contributed by atoms with Crippen molar-refractivity contribution in [2.24, 2.45) is 5.10 Å². The Bertz CT molecular complexity index is 1140. The monoisotopic (exact) mass is 484 g/mol. The van der Waals surface area contributed by atoms with E-state index in [1.54, 1.807) is 30.3 Å². The molecule has 8 heteroatoms. The van der Waals surface area contributed by atoms with Crippen LogP contribution < -0.4 is 14.9 Å². The quantitative estimate of drug-likeness (QED) is 0.188. The van der Waals surface area contributed by atoms with Crippen molar-refractivity contribution < 1.29 is 19.1 Å². The highest BCUT2D eigenvalue weighted by atomic mass is 35.5. The lowest BCUT2D eigenvalue weighted by atomic mass is 10.0. The average molecular weight is 485 g/mol. The van der Waals surface area contributed by atoms with Crippen LogP contribution in [0.25, 0.3) is 0 Å². The summed E-state index contributed by atoms with van der Waals surface area (Å²) in [5, 5.41) is 4.55. The Morgan fingerprint density at radius 3 is 2.27 bits per heavy atom. The van der Waals surface area contributed by atoms with Crippen molar-refractivity contribution in [3.05, 3.63) is 93.5 Å². The van der Waals surface area contributed by atoms with Crippen LogP contribution in [-0.4, -0.2) is 24.7 Å². The van der Waals surface area contributed by atoms with Gasteiger partial charge in [-0.2, -0.15) is 5.10 Å². The zero-order valence-corrected chi connectivity index (χ0v) is 19.6. The molecule has 0 aromatic heterocycles. The van der Waals surface area contributed by atoms with Crippen LogP contribution in [0.1, 0.15) is 41.3 Å². The van der Waals surface area contributed by atoms with Crippen LogP contribution in [0.5, 0.6) is 11.5 Å². The number of hydrogen-bond donors (Lipinski definition) is 1. The molecular formula is C25H22Cl2N2O4. The maximum Gasteiger partial charge on any atom is 0.345 e. The number of rotatable bonds is 8. The van der Waals surface area contributed by atoms with Crippen LogP contribution in [0.4, 0.5) is 0 Å². The molecule has 0 saturated carbocycles. The summed E-state index contributed by atoms with van der Waals surface area (Å²) >= 11 is 11.9. The predicted octanol–water partition coefficient (Wildman–Crippen LogP) is 5.87. The molecule has 3 rings (SSSR count). The summed E-state index contributed by atoms with van der Waals surface area (Å²) in [7, 11) is 0. The second kappa shape index (κ2) is 11.5. The van der Waals surface area contributed by atoms with Crippen LogP contribution in [0.3, 0.4) is 0 Å². The molecule has 1 N–H and O–H groups in total. The zero-order valence-electron chi connectivity index (χ0n) is 18.0. The summed E-state index contributed by atoms with van der Waals surface area (Å²) in [6, 6.07) is 18.7. The van der Waals surface area contributed by atoms with Gasteiger partial charge in [0.25, 0.3) is 5.91 Å². The summed E-state index contributed by atoms with van der Waals surface area (Å²) in [5.74, 6) is 0.404. The Balaban J connectivity index is 1.46. The number of nitrogens with zero attached hydrogens (tertiary/aromatic N) is 1. The number of nitrogens with one attached hydrogen (secondary N) is 1. The fourth-order valence-corrected chi connectivity index (χ4v) is 3.23. The molecule has 0 bridgehead atoms. The second-order valence-electron chi connectivity index (χ2n) is 7.39. The van der Waals surface area contributed by atoms with Crippen LogP contribution >= 0.6 is 23.2 Å². The standard InChI is InChI=1S/C25H22Cl2N2O4/c1-16(2)18-5-10-20(11-6-18)32-15-24(30)29-28-14-17-3-8-21(9-4-17)33-25(31)22-12-7-19(26)13-23(22)27/h3-14,16H,15H2,1-2H3,(H,29,30)/b28-14+. The van der Waals surface area contributed by atoms with Gasteiger partial charge in [-0.05, 0) is 71.6 Å². The number of carbonyl (C=O) groups excluding carboxylic acids is 2. The SMILES string of the molecule is CC(C)c1ccc(OCC(=O)N/N=C/c2ccc(OC(=O)c3ccc(Cl)cc3Cl)cc2)cc1. The summed E-state index contributed by atoms with van der Waals surface area (Å²) < 4.78 is 10.8. The van der Waals surface area contributed by atoms with E-state index in [9.17, 15) is 9.59 Å². The molecule has 0 spiro atoms. The largest absolute Gasteiger partial charge is 0.484 e. The van der Waals surface area contributed by atoms with Crippen LogP contribution in [0.15, 0.2) is 71.8 Å². The maximum atomic E-state index is 12.3. The molecule has 6 nitrogen and oxygen atoms in total. The third-order valence-corrected chi connectivity index (χ3v) is 5.11. The van der Waals surface area contributed by atoms with E-state index in [4.69, 9.17) is 32.7 Å². The van der Waals surface area contributed by atoms with Gasteiger partial charge in [0.2, 0.25) is 0 Å². The number of carbonyl (C=O) groups is 2. The maximum absolute atomic E-state index is 12.3. The first kappa shape index (κ1) is 24.3. The first-order valence-corrected chi connectivity index (χ1v) is 10.9. The van der Waals surface area contributed by atoms with Gasteiger partial charge in [-0.3, -0.25) is 4.79 Å². The molecular weight excluding hydrogens is 463 g/mol. The van der Waals surface area contributed by atoms with Gasteiger partial charge in [-0.1, -0.05) is 49.2 Å². The number of esters is 1. The van der Waals surface area contributed by atoms with Crippen molar-refractivity contribution in [2.45, 2.75) is 19.8 Å². The molecule has 1 amide bonds. The Morgan fingerprint density at radius 2 is 1.64 bits per heavy atom. The van der Waals surface area contributed by atoms with Crippen molar-refractivity contribution in [1.82, 2.24) is 5.43 Å². The number of benzene rings is 3. The van der Waals surface area contributed by atoms with Crippen LogP contribution in [-0.2, 0) is 4.79 Å². The van der Waals surface area contributed by atoms with E-state index >= 15 is 0 Å². The van der Waals surface area contributed by atoms with Crippen molar-refractivity contribution in [2.75, 3.05) is 6.61 Å². The van der Waals surface area contributed by atoms with Gasteiger partial charge < -0.3 is 9.47 Å². The number of halogens is 2. The second-order valence-corrected chi connectivity index (χ2v) is 8.23. The minimum absolute atomic E-state index is 0.152. The minimum Gasteiger partial charge on any atom is -0.484 e. The summed E-state index contributed by atoms with van der Waals surface area (Å²) in [4.78, 5) is 24.2. The molecule has 0 fully saturated rings. The van der Waals surface area contributed by atoms with Crippen molar-refractivity contribution in [1.29, 1.82) is 0 Å². The topological polar surface area (TPSA) is 77.0 Å². The average Bonchev–Trinajstić information content (AvgIpc) is 2.79. The van der Waals surface area contributed by atoms with Gasteiger partial charge in [0.15, 0.2) is 6.61 Å². The minimum atomic E-state index is -0.593. The highest BCUT2D eigenvalue weighted by Gasteiger charge is 2.13. The molecule has 0 atom stereocenters.